The van der Waals surface area contributed by atoms with Crippen molar-refractivity contribution in [3.63, 3.8) is 0 Å². The van der Waals surface area contributed by atoms with E-state index in [0.29, 0.717) is 0 Å². The van der Waals surface area contributed by atoms with Crippen LogP contribution in [0.15, 0.2) is 48.5 Å². The summed E-state index contributed by atoms with van der Waals surface area (Å²) in [6.45, 7) is 1.77. The Morgan fingerprint density at radius 1 is 1.00 bits per heavy atom. The highest BCUT2D eigenvalue weighted by Crippen LogP contribution is 2.32. The molecule has 0 spiro atoms. The number of piperidine rings is 1. The van der Waals surface area contributed by atoms with Gasteiger partial charge >= 0.3 is 6.18 Å². The molecule has 0 radical (unpaired) electrons. The maximum atomic E-state index is 12.6. The quantitative estimate of drug-likeness (QED) is 0.663. The topological polar surface area (TPSA) is 28.2 Å². The molecular weight excluding hydrogens is 359 g/mol. The molecule has 0 bridgehead atoms. The number of aromatic nitrogens is 1. The number of rotatable bonds is 3. The fraction of sp³-hybridized carbons (Fsp3) is 0.316. The average molecular weight is 377 g/mol. The molecule has 136 valence electrons. The fourth-order valence-electron chi connectivity index (χ4n) is 3.20. The maximum Gasteiger partial charge on any atom is 0.416 e. The normalized spacial score (nSPS) is 16.2. The van der Waals surface area contributed by atoms with Gasteiger partial charge in [-0.15, -0.1) is 0 Å². The number of nitrogens with zero attached hydrogens (tertiary/aromatic N) is 2. The average Bonchev–Trinajstić information content (AvgIpc) is 3.06. The molecule has 1 N–H and O–H groups in total. The Bertz CT molecular complexity index is 848. The van der Waals surface area contributed by atoms with Gasteiger partial charge in [0, 0.05) is 24.8 Å². The van der Waals surface area contributed by atoms with Gasteiger partial charge in [0.05, 0.1) is 15.8 Å². The van der Waals surface area contributed by atoms with Crippen LogP contribution in [0, 0.1) is 0 Å². The SMILES string of the molecule is FC(F)(F)c1ccc(NC2CCN(c3nc4ccccc4s3)CC2)cc1. The number of hydrogen-bond acceptors (Lipinski definition) is 4. The molecule has 7 heteroatoms. The zero-order valence-corrected chi connectivity index (χ0v) is 14.8. The molecule has 2 aromatic carbocycles. The van der Waals surface area contributed by atoms with Crippen molar-refractivity contribution >= 4 is 32.4 Å². The third-order valence-electron chi connectivity index (χ3n) is 4.63. The van der Waals surface area contributed by atoms with E-state index in [2.05, 4.69) is 16.3 Å². The molecule has 1 fully saturated rings. The molecule has 0 saturated carbocycles. The second-order valence-electron chi connectivity index (χ2n) is 6.44. The molecule has 26 heavy (non-hydrogen) atoms. The zero-order valence-electron chi connectivity index (χ0n) is 14.0. The van der Waals surface area contributed by atoms with Crippen molar-refractivity contribution in [3.05, 3.63) is 54.1 Å². The van der Waals surface area contributed by atoms with Gasteiger partial charge in [-0.05, 0) is 49.2 Å². The van der Waals surface area contributed by atoms with Crippen molar-refractivity contribution in [1.29, 1.82) is 0 Å². The van der Waals surface area contributed by atoms with Crippen molar-refractivity contribution in [1.82, 2.24) is 4.98 Å². The van der Waals surface area contributed by atoms with E-state index in [1.54, 1.807) is 11.3 Å². The molecule has 2 heterocycles. The largest absolute Gasteiger partial charge is 0.416 e. The minimum absolute atomic E-state index is 0.261. The molecule has 1 aliphatic heterocycles. The minimum atomic E-state index is -4.29. The van der Waals surface area contributed by atoms with Gasteiger partial charge in [0.15, 0.2) is 5.13 Å². The van der Waals surface area contributed by atoms with Gasteiger partial charge in [-0.1, -0.05) is 23.5 Å². The Hall–Kier alpha value is -2.28. The summed E-state index contributed by atoms with van der Waals surface area (Å²) in [7, 11) is 0. The number of fused-ring (bicyclic) bond motifs is 1. The zero-order chi connectivity index (χ0) is 18.1. The third-order valence-corrected chi connectivity index (χ3v) is 5.73. The van der Waals surface area contributed by atoms with Crippen LogP contribution in [0.25, 0.3) is 10.2 Å². The first kappa shape index (κ1) is 17.1. The second-order valence-corrected chi connectivity index (χ2v) is 7.45. The van der Waals surface area contributed by atoms with E-state index < -0.39 is 11.7 Å². The number of halogens is 3. The molecule has 0 unspecified atom stereocenters. The molecule has 0 aliphatic carbocycles. The van der Waals surface area contributed by atoms with Gasteiger partial charge < -0.3 is 10.2 Å². The Morgan fingerprint density at radius 3 is 2.35 bits per heavy atom. The molecule has 1 aliphatic rings. The summed E-state index contributed by atoms with van der Waals surface area (Å²) >= 11 is 1.70. The predicted octanol–water partition coefficient (Wildman–Crippen LogP) is 5.40. The van der Waals surface area contributed by atoms with Crippen LogP contribution >= 0.6 is 11.3 Å². The van der Waals surface area contributed by atoms with E-state index in [-0.39, 0.29) is 6.04 Å². The van der Waals surface area contributed by atoms with Crippen LogP contribution in [0.4, 0.5) is 24.0 Å². The van der Waals surface area contributed by atoms with E-state index in [0.717, 1.165) is 54.4 Å². The van der Waals surface area contributed by atoms with Gasteiger partial charge in [0.2, 0.25) is 0 Å². The lowest BCUT2D eigenvalue weighted by Crippen LogP contribution is -2.39. The number of benzene rings is 2. The van der Waals surface area contributed by atoms with Crippen LogP contribution in [0.3, 0.4) is 0 Å². The molecule has 1 saturated heterocycles. The number of para-hydroxylation sites is 1. The number of anilines is 2. The minimum Gasteiger partial charge on any atom is -0.382 e. The molecule has 1 aromatic heterocycles. The van der Waals surface area contributed by atoms with Crippen molar-refractivity contribution in [2.75, 3.05) is 23.3 Å². The summed E-state index contributed by atoms with van der Waals surface area (Å²) < 4.78 is 39.1. The van der Waals surface area contributed by atoms with Crippen LogP contribution in [0.2, 0.25) is 0 Å². The number of hydrogen-bond donors (Lipinski definition) is 1. The molecular formula is C19H18F3N3S. The maximum absolute atomic E-state index is 12.6. The van der Waals surface area contributed by atoms with E-state index in [1.807, 2.05) is 18.2 Å². The predicted molar refractivity (Wildman–Crippen MR) is 99.9 cm³/mol. The number of thiazole rings is 1. The van der Waals surface area contributed by atoms with Crippen LogP contribution in [-0.4, -0.2) is 24.1 Å². The van der Waals surface area contributed by atoms with E-state index >= 15 is 0 Å². The highest BCUT2D eigenvalue weighted by Gasteiger charge is 2.30. The third kappa shape index (κ3) is 3.62. The number of alkyl halides is 3. The summed E-state index contributed by atoms with van der Waals surface area (Å²) in [5.41, 5.74) is 1.14. The summed E-state index contributed by atoms with van der Waals surface area (Å²) in [5, 5.41) is 4.39. The van der Waals surface area contributed by atoms with Crippen LogP contribution in [0.1, 0.15) is 18.4 Å². The Morgan fingerprint density at radius 2 is 1.69 bits per heavy atom. The van der Waals surface area contributed by atoms with Gasteiger partial charge in [-0.25, -0.2) is 4.98 Å². The Kier molecular flexibility index (Phi) is 4.48. The molecule has 0 atom stereocenters. The lowest BCUT2D eigenvalue weighted by Gasteiger charge is -2.32. The standard InChI is InChI=1S/C19H18F3N3S/c20-19(21,22)13-5-7-14(8-6-13)23-15-9-11-25(12-10-15)18-24-16-3-1-2-4-17(16)26-18/h1-8,15,23H,9-12H2. The summed E-state index contributed by atoms with van der Waals surface area (Å²) in [6.07, 6.45) is -2.44. The summed E-state index contributed by atoms with van der Waals surface area (Å²) in [4.78, 5) is 6.98. The fourth-order valence-corrected chi connectivity index (χ4v) is 4.22. The lowest BCUT2D eigenvalue weighted by atomic mass is 10.0. The van der Waals surface area contributed by atoms with Crippen molar-refractivity contribution in [3.8, 4) is 0 Å². The first-order valence-electron chi connectivity index (χ1n) is 8.53. The van der Waals surface area contributed by atoms with E-state index in [4.69, 9.17) is 4.98 Å². The highest BCUT2D eigenvalue weighted by molar-refractivity contribution is 7.22. The Labute approximate surface area is 153 Å². The smallest absolute Gasteiger partial charge is 0.382 e. The lowest BCUT2D eigenvalue weighted by molar-refractivity contribution is -0.137. The van der Waals surface area contributed by atoms with Crippen molar-refractivity contribution in [2.24, 2.45) is 0 Å². The molecule has 4 rings (SSSR count). The second kappa shape index (κ2) is 6.79. The van der Waals surface area contributed by atoms with Gasteiger partial charge in [-0.2, -0.15) is 13.2 Å². The van der Waals surface area contributed by atoms with Crippen molar-refractivity contribution < 1.29 is 13.2 Å². The van der Waals surface area contributed by atoms with Gasteiger partial charge in [0.1, 0.15) is 0 Å². The van der Waals surface area contributed by atoms with Gasteiger partial charge in [-0.3, -0.25) is 0 Å². The van der Waals surface area contributed by atoms with E-state index in [1.165, 1.54) is 16.8 Å². The van der Waals surface area contributed by atoms with Crippen molar-refractivity contribution in [2.45, 2.75) is 25.1 Å². The first-order valence-corrected chi connectivity index (χ1v) is 9.35. The summed E-state index contributed by atoms with van der Waals surface area (Å²) in [5.74, 6) is 0. The summed E-state index contributed by atoms with van der Waals surface area (Å²) in [6, 6.07) is 13.6. The Balaban J connectivity index is 1.36. The van der Waals surface area contributed by atoms with Crippen LogP contribution in [0.5, 0.6) is 0 Å². The van der Waals surface area contributed by atoms with Crippen LogP contribution < -0.4 is 10.2 Å². The number of nitrogens with one attached hydrogen (secondary N) is 1. The van der Waals surface area contributed by atoms with Crippen LogP contribution in [-0.2, 0) is 6.18 Å². The molecule has 0 amide bonds. The first-order chi connectivity index (χ1) is 12.5. The van der Waals surface area contributed by atoms with E-state index in [9.17, 15) is 13.2 Å². The van der Waals surface area contributed by atoms with Gasteiger partial charge in [0.25, 0.3) is 0 Å². The molecule has 3 aromatic rings. The monoisotopic (exact) mass is 377 g/mol. The highest BCUT2D eigenvalue weighted by atomic mass is 32.1. The molecule has 3 nitrogen and oxygen atoms in total.